The number of hydrogen-bond donors (Lipinski definition) is 2. The highest BCUT2D eigenvalue weighted by Gasteiger charge is 2.35. The quantitative estimate of drug-likeness (QED) is 0.578. The molecule has 1 aliphatic rings. The van der Waals surface area contributed by atoms with Crippen molar-refractivity contribution in [2.24, 2.45) is 0 Å². The van der Waals surface area contributed by atoms with Gasteiger partial charge < -0.3 is 10.2 Å². The van der Waals surface area contributed by atoms with E-state index in [4.69, 9.17) is 0 Å². The molecule has 9 heteroatoms. The lowest BCUT2D eigenvalue weighted by atomic mass is 10.0. The number of rotatable bonds is 6. The van der Waals surface area contributed by atoms with Crippen LogP contribution >= 0.6 is 0 Å². The number of benzene rings is 2. The molecule has 0 radical (unpaired) electrons. The van der Waals surface area contributed by atoms with Crippen molar-refractivity contribution in [2.45, 2.75) is 32.0 Å². The molecule has 0 spiro atoms. The summed E-state index contributed by atoms with van der Waals surface area (Å²) in [5.74, 6) is -1.65. The highest BCUT2D eigenvalue weighted by Crippen LogP contribution is 2.26. The van der Waals surface area contributed by atoms with Crippen molar-refractivity contribution in [1.82, 2.24) is 15.2 Å². The van der Waals surface area contributed by atoms with Crippen LogP contribution in [0.3, 0.4) is 0 Å². The molecule has 2 atom stereocenters. The largest absolute Gasteiger partial charge is 0.348 e. The van der Waals surface area contributed by atoms with Gasteiger partial charge in [0.2, 0.25) is 5.91 Å². The van der Waals surface area contributed by atoms with Crippen LogP contribution in [0.15, 0.2) is 60.8 Å². The third kappa shape index (κ3) is 4.86. The van der Waals surface area contributed by atoms with Gasteiger partial charge in [-0.25, -0.2) is 18.6 Å². The average Bonchev–Trinajstić information content (AvgIpc) is 2.82. The molecule has 1 aliphatic heterocycles. The van der Waals surface area contributed by atoms with Crippen molar-refractivity contribution in [3.8, 4) is 6.07 Å². The van der Waals surface area contributed by atoms with Crippen LogP contribution in [-0.2, 0) is 17.8 Å². The van der Waals surface area contributed by atoms with Crippen LogP contribution in [0.2, 0.25) is 0 Å². The summed E-state index contributed by atoms with van der Waals surface area (Å²) in [5.41, 5.74) is 1.89. The predicted octanol–water partition coefficient (Wildman–Crippen LogP) is 4.07. The van der Waals surface area contributed by atoms with E-state index in [0.717, 1.165) is 17.7 Å². The molecule has 0 saturated heterocycles. The number of urea groups is 1. The van der Waals surface area contributed by atoms with Crippen LogP contribution in [0.1, 0.15) is 35.2 Å². The Balaban J connectivity index is 1.63. The van der Waals surface area contributed by atoms with Gasteiger partial charge in [0.25, 0.3) is 0 Å². The fourth-order valence-electron chi connectivity index (χ4n) is 3.91. The molecular weight excluding hydrogens is 440 g/mol. The van der Waals surface area contributed by atoms with Gasteiger partial charge >= 0.3 is 6.03 Å². The lowest BCUT2D eigenvalue weighted by Gasteiger charge is -2.35. The zero-order valence-electron chi connectivity index (χ0n) is 18.3. The minimum absolute atomic E-state index is 0.0634. The first-order valence-corrected chi connectivity index (χ1v) is 10.6. The number of anilines is 1. The Morgan fingerprint density at radius 1 is 1.24 bits per heavy atom. The molecule has 0 fully saturated rings. The van der Waals surface area contributed by atoms with Crippen molar-refractivity contribution in [2.75, 3.05) is 5.32 Å². The first-order chi connectivity index (χ1) is 16.4. The number of carbonyl (C=O) groups excluding carboxylic acids is 2. The molecule has 0 saturated carbocycles. The Kier molecular flexibility index (Phi) is 6.50. The van der Waals surface area contributed by atoms with E-state index in [1.165, 1.54) is 17.2 Å². The second-order valence-electron chi connectivity index (χ2n) is 8.00. The van der Waals surface area contributed by atoms with E-state index >= 15 is 0 Å². The molecule has 2 heterocycles. The average molecular weight is 461 g/mol. The standard InChI is InChI=1S/C25H21F2N5O2/c1-15(20-8-7-19(26)11-21(20)27)30-24(33)22(10-16-5-3-2-4-6-16)32-14-18-9-17(12-28)13-29-23(18)31-25(32)34/h2-9,11,13,15,22H,10,14H2,1H3,(H,30,33)(H,29,31,34)/t15-,22-/m0/s1. The maximum Gasteiger partial charge on any atom is 0.324 e. The molecule has 3 amide bonds. The maximum atomic E-state index is 14.3. The fourth-order valence-corrected chi connectivity index (χ4v) is 3.91. The number of amides is 3. The highest BCUT2D eigenvalue weighted by atomic mass is 19.1. The van der Waals surface area contributed by atoms with Crippen molar-refractivity contribution >= 4 is 17.8 Å². The number of pyridine rings is 1. The number of aromatic nitrogens is 1. The first kappa shape index (κ1) is 22.9. The molecule has 7 nitrogen and oxygen atoms in total. The van der Waals surface area contributed by atoms with Gasteiger partial charge in [-0.15, -0.1) is 0 Å². The van der Waals surface area contributed by atoms with Gasteiger partial charge in [-0.05, 0) is 24.6 Å². The lowest BCUT2D eigenvalue weighted by Crippen LogP contribution is -2.53. The molecule has 2 N–H and O–H groups in total. The number of carbonyl (C=O) groups is 2. The van der Waals surface area contributed by atoms with Gasteiger partial charge in [-0.3, -0.25) is 10.1 Å². The Morgan fingerprint density at radius 2 is 2.00 bits per heavy atom. The molecule has 1 aromatic heterocycles. The van der Waals surface area contributed by atoms with E-state index in [2.05, 4.69) is 15.6 Å². The van der Waals surface area contributed by atoms with E-state index in [1.807, 2.05) is 36.4 Å². The number of halogens is 2. The first-order valence-electron chi connectivity index (χ1n) is 10.6. The maximum absolute atomic E-state index is 14.3. The predicted molar refractivity (Wildman–Crippen MR) is 120 cm³/mol. The van der Waals surface area contributed by atoms with Crippen molar-refractivity contribution in [1.29, 1.82) is 5.26 Å². The summed E-state index contributed by atoms with van der Waals surface area (Å²) in [4.78, 5) is 31.8. The molecule has 0 bridgehead atoms. The van der Waals surface area contributed by atoms with Gasteiger partial charge in [0, 0.05) is 29.8 Å². The van der Waals surface area contributed by atoms with Crippen molar-refractivity contribution < 1.29 is 18.4 Å². The van der Waals surface area contributed by atoms with Crippen molar-refractivity contribution in [3.63, 3.8) is 0 Å². The molecule has 172 valence electrons. The monoisotopic (exact) mass is 461 g/mol. The van der Waals surface area contributed by atoms with E-state index in [0.29, 0.717) is 16.9 Å². The topological polar surface area (TPSA) is 98.1 Å². The Bertz CT molecular complexity index is 1280. The molecule has 3 aromatic rings. The summed E-state index contributed by atoms with van der Waals surface area (Å²) in [5, 5.41) is 14.6. The summed E-state index contributed by atoms with van der Waals surface area (Å²) < 4.78 is 27.6. The van der Waals surface area contributed by atoms with E-state index in [1.54, 1.807) is 13.0 Å². The normalized spacial score (nSPS) is 14.4. The van der Waals surface area contributed by atoms with Gasteiger partial charge in [0.15, 0.2) is 0 Å². The van der Waals surface area contributed by atoms with Gasteiger partial charge in [0.05, 0.1) is 18.2 Å². The summed E-state index contributed by atoms with van der Waals surface area (Å²) >= 11 is 0. The number of hydrogen-bond acceptors (Lipinski definition) is 4. The number of nitrogens with one attached hydrogen (secondary N) is 2. The highest BCUT2D eigenvalue weighted by molar-refractivity contribution is 5.95. The smallest absolute Gasteiger partial charge is 0.324 e. The lowest BCUT2D eigenvalue weighted by molar-refractivity contribution is -0.126. The Hall–Kier alpha value is -4.32. The molecular formula is C25H21F2N5O2. The summed E-state index contributed by atoms with van der Waals surface area (Å²) in [6, 6.07) is 13.8. The van der Waals surface area contributed by atoms with Crippen LogP contribution in [-0.4, -0.2) is 27.9 Å². The zero-order valence-corrected chi connectivity index (χ0v) is 18.3. The third-order valence-electron chi connectivity index (χ3n) is 5.66. The minimum atomic E-state index is -0.938. The summed E-state index contributed by atoms with van der Waals surface area (Å²) in [6.07, 6.45) is 1.57. The van der Waals surface area contributed by atoms with Gasteiger partial charge in [-0.1, -0.05) is 36.4 Å². The van der Waals surface area contributed by atoms with Gasteiger partial charge in [0.1, 0.15) is 29.6 Å². The number of fused-ring (bicyclic) bond motifs is 1. The summed E-state index contributed by atoms with van der Waals surface area (Å²) in [6.45, 7) is 1.65. The number of nitrogens with zero attached hydrogens (tertiary/aromatic N) is 3. The van der Waals surface area contributed by atoms with Gasteiger partial charge in [-0.2, -0.15) is 5.26 Å². The van der Waals surface area contributed by atoms with Crippen molar-refractivity contribution in [3.05, 3.63) is 94.7 Å². The van der Waals surface area contributed by atoms with Crippen LogP contribution in [0, 0.1) is 23.0 Å². The molecule has 2 aromatic carbocycles. The van der Waals surface area contributed by atoms with Crippen LogP contribution < -0.4 is 10.6 Å². The van der Waals surface area contributed by atoms with Crippen LogP contribution in [0.5, 0.6) is 0 Å². The molecule has 4 rings (SSSR count). The minimum Gasteiger partial charge on any atom is -0.348 e. The second kappa shape index (κ2) is 9.67. The zero-order chi connectivity index (χ0) is 24.2. The molecule has 34 heavy (non-hydrogen) atoms. The Morgan fingerprint density at radius 3 is 2.71 bits per heavy atom. The fraction of sp³-hybridized carbons (Fsp3) is 0.200. The SMILES string of the molecule is C[C@H](NC(=O)[C@H](Cc1ccccc1)N1Cc2cc(C#N)cnc2NC1=O)c1ccc(F)cc1F. The third-order valence-corrected chi connectivity index (χ3v) is 5.66. The van der Waals surface area contributed by atoms with E-state index in [-0.39, 0.29) is 18.5 Å². The van der Waals surface area contributed by atoms with E-state index < -0.39 is 35.7 Å². The molecule has 0 unspecified atom stereocenters. The van der Waals surface area contributed by atoms with Crippen LogP contribution in [0.25, 0.3) is 0 Å². The van der Waals surface area contributed by atoms with E-state index in [9.17, 15) is 23.6 Å². The summed E-state index contributed by atoms with van der Waals surface area (Å²) in [7, 11) is 0. The molecule has 0 aliphatic carbocycles. The second-order valence-corrected chi connectivity index (χ2v) is 8.00. The number of nitriles is 1. The Labute approximate surface area is 195 Å². The van der Waals surface area contributed by atoms with Crippen LogP contribution in [0.4, 0.5) is 19.4 Å².